The molecule has 5 rings (SSSR count). The van der Waals surface area contributed by atoms with E-state index in [0.717, 1.165) is 36.2 Å². The number of nitrogens with zero attached hydrogens (tertiary/aromatic N) is 3. The Balaban J connectivity index is 1.53. The fraction of sp³-hybridized carbons (Fsp3) is 0.353. The molecule has 2 aromatic heterocycles. The molecule has 0 saturated heterocycles. The van der Waals surface area contributed by atoms with Gasteiger partial charge < -0.3 is 14.5 Å². The summed E-state index contributed by atoms with van der Waals surface area (Å²) in [6.07, 6.45) is 0.946. The molecule has 2 aliphatic heterocycles. The van der Waals surface area contributed by atoms with Gasteiger partial charge in [0.05, 0.1) is 0 Å². The van der Waals surface area contributed by atoms with E-state index in [9.17, 15) is 8.42 Å². The van der Waals surface area contributed by atoms with Crippen LogP contribution in [0.15, 0.2) is 28.4 Å². The van der Waals surface area contributed by atoms with Gasteiger partial charge in [-0.05, 0) is 37.2 Å². The molecule has 0 unspecified atom stereocenters. The third-order valence-corrected chi connectivity index (χ3v) is 7.82. The first-order valence-electron chi connectivity index (χ1n) is 8.66. The first-order chi connectivity index (χ1) is 12.9. The molecule has 2 N–H and O–H groups in total. The lowest BCUT2D eigenvalue weighted by Gasteiger charge is -2.22. The van der Waals surface area contributed by atoms with Gasteiger partial charge in [-0.2, -0.15) is 8.42 Å². The summed E-state index contributed by atoms with van der Waals surface area (Å²) in [5.41, 5.74) is 4.02. The number of aromatic nitrogens is 3. The predicted octanol–water partition coefficient (Wildman–Crippen LogP) is 2.91. The number of anilines is 1. The zero-order chi connectivity index (χ0) is 18.8. The first kappa shape index (κ1) is 17.4. The molecule has 0 bridgehead atoms. The molecule has 0 radical (unpaired) electrons. The minimum atomic E-state index is -3.82. The normalized spacial score (nSPS) is 17.3. The highest BCUT2D eigenvalue weighted by molar-refractivity contribution is 7.99. The van der Waals surface area contributed by atoms with Gasteiger partial charge in [0.1, 0.15) is 0 Å². The summed E-state index contributed by atoms with van der Waals surface area (Å²) >= 11 is 7.64. The number of likely N-dealkylation sites (N-methyl/N-ethyl adjacent to an activating group) is 1. The molecule has 142 valence electrons. The van der Waals surface area contributed by atoms with E-state index in [1.807, 2.05) is 12.1 Å². The Labute approximate surface area is 166 Å². The standard InChI is InChI=1S/C17H18ClN5O2S2/c1-22-5-4-11-12-8-10(2-3-13(12)19-14(11)9-22)21-27(24,25)16-15(18)20-17-23(16)6-7-26-17/h2-3,8,19,21H,4-7,9H2,1H3. The molecule has 0 fully saturated rings. The van der Waals surface area contributed by atoms with Gasteiger partial charge in [-0.1, -0.05) is 23.4 Å². The summed E-state index contributed by atoms with van der Waals surface area (Å²) in [7, 11) is -1.72. The number of hydrogen-bond acceptors (Lipinski definition) is 5. The van der Waals surface area contributed by atoms with E-state index in [0.29, 0.717) is 17.4 Å². The number of imidazole rings is 1. The van der Waals surface area contributed by atoms with Crippen molar-refractivity contribution >= 4 is 50.0 Å². The van der Waals surface area contributed by atoms with Crippen LogP contribution < -0.4 is 4.72 Å². The second kappa shape index (κ2) is 6.16. The molecule has 0 saturated carbocycles. The van der Waals surface area contributed by atoms with E-state index >= 15 is 0 Å². The van der Waals surface area contributed by atoms with Crippen LogP contribution in [-0.2, 0) is 29.5 Å². The van der Waals surface area contributed by atoms with Gasteiger partial charge in [0.2, 0.25) is 0 Å². The van der Waals surface area contributed by atoms with Gasteiger partial charge in [-0.25, -0.2) is 4.98 Å². The Morgan fingerprint density at radius 3 is 3.04 bits per heavy atom. The van der Waals surface area contributed by atoms with E-state index in [1.54, 1.807) is 10.6 Å². The molecule has 1 aromatic carbocycles. The van der Waals surface area contributed by atoms with Crippen LogP contribution >= 0.6 is 23.4 Å². The summed E-state index contributed by atoms with van der Waals surface area (Å²) in [5.74, 6) is 0.803. The van der Waals surface area contributed by atoms with Crippen molar-refractivity contribution in [2.24, 2.45) is 0 Å². The van der Waals surface area contributed by atoms with E-state index in [-0.39, 0.29) is 10.2 Å². The van der Waals surface area contributed by atoms with E-state index in [4.69, 9.17) is 11.6 Å². The van der Waals surface area contributed by atoms with Gasteiger partial charge in [0.15, 0.2) is 15.3 Å². The second-order valence-corrected chi connectivity index (χ2v) is 9.94. The quantitative estimate of drug-likeness (QED) is 0.676. The van der Waals surface area contributed by atoms with Crippen LogP contribution in [0.1, 0.15) is 11.3 Å². The second-order valence-electron chi connectivity index (χ2n) is 6.93. The SMILES string of the molecule is CN1CCc2c([nH]c3ccc(NS(=O)(=O)c4c(Cl)nc5n4CCS5)cc23)C1. The number of rotatable bonds is 3. The summed E-state index contributed by atoms with van der Waals surface area (Å²) in [4.78, 5) is 9.88. The molecule has 0 aliphatic carbocycles. The van der Waals surface area contributed by atoms with Gasteiger partial charge in [0.25, 0.3) is 10.0 Å². The van der Waals surface area contributed by atoms with Crippen molar-refractivity contribution in [1.29, 1.82) is 0 Å². The van der Waals surface area contributed by atoms with E-state index in [1.165, 1.54) is 23.0 Å². The molecular formula is C17H18ClN5O2S2. The molecule has 0 spiro atoms. The Kier molecular flexibility index (Phi) is 3.98. The fourth-order valence-electron chi connectivity index (χ4n) is 3.82. The number of H-pyrrole nitrogens is 1. The molecule has 7 nitrogen and oxygen atoms in total. The number of sulfonamides is 1. The number of fused-ring (bicyclic) bond motifs is 4. The molecule has 27 heavy (non-hydrogen) atoms. The molecular weight excluding hydrogens is 406 g/mol. The highest BCUT2D eigenvalue weighted by Gasteiger charge is 2.30. The number of halogens is 1. The van der Waals surface area contributed by atoms with Crippen molar-refractivity contribution in [3.63, 3.8) is 0 Å². The lowest BCUT2D eigenvalue weighted by Crippen LogP contribution is -2.26. The highest BCUT2D eigenvalue weighted by Crippen LogP contribution is 2.35. The van der Waals surface area contributed by atoms with Gasteiger partial charge in [-0.15, -0.1) is 0 Å². The van der Waals surface area contributed by atoms with Crippen LogP contribution in [0, 0.1) is 0 Å². The molecule has 2 aliphatic rings. The van der Waals surface area contributed by atoms with Crippen LogP contribution in [0.3, 0.4) is 0 Å². The molecule has 10 heteroatoms. The van der Waals surface area contributed by atoms with Crippen molar-refractivity contribution < 1.29 is 8.42 Å². The number of benzene rings is 1. The Morgan fingerprint density at radius 2 is 2.19 bits per heavy atom. The van der Waals surface area contributed by atoms with Crippen LogP contribution in [-0.4, -0.2) is 47.2 Å². The maximum Gasteiger partial charge on any atom is 0.280 e. The fourth-order valence-corrected chi connectivity index (χ4v) is 6.64. The number of aromatic amines is 1. The van der Waals surface area contributed by atoms with Crippen LogP contribution in [0.5, 0.6) is 0 Å². The third-order valence-electron chi connectivity index (χ3n) is 5.07. The van der Waals surface area contributed by atoms with Crippen LogP contribution in [0.4, 0.5) is 5.69 Å². The highest BCUT2D eigenvalue weighted by atomic mass is 35.5. The van der Waals surface area contributed by atoms with Gasteiger partial charge >= 0.3 is 0 Å². The van der Waals surface area contributed by atoms with Crippen molar-refractivity contribution in [3.8, 4) is 0 Å². The molecule has 0 amide bonds. The Hall–Kier alpha value is -1.68. The van der Waals surface area contributed by atoms with Crippen molar-refractivity contribution in [2.75, 3.05) is 24.1 Å². The van der Waals surface area contributed by atoms with Crippen LogP contribution in [0.25, 0.3) is 10.9 Å². The summed E-state index contributed by atoms with van der Waals surface area (Å²) in [5, 5.41) is 1.79. The molecule has 0 atom stereocenters. The largest absolute Gasteiger partial charge is 0.357 e. The minimum Gasteiger partial charge on any atom is -0.357 e. The lowest BCUT2D eigenvalue weighted by molar-refractivity contribution is 0.310. The summed E-state index contributed by atoms with van der Waals surface area (Å²) in [6, 6.07) is 5.59. The topological polar surface area (TPSA) is 83.0 Å². The van der Waals surface area contributed by atoms with Gasteiger partial charge in [-0.3, -0.25) is 4.72 Å². The Bertz CT molecular complexity index is 1170. The average Bonchev–Trinajstić information content (AvgIpc) is 3.25. The smallest absolute Gasteiger partial charge is 0.280 e. The molecule has 3 aromatic rings. The zero-order valence-corrected chi connectivity index (χ0v) is 17.0. The van der Waals surface area contributed by atoms with Crippen molar-refractivity contribution in [1.82, 2.24) is 19.4 Å². The van der Waals surface area contributed by atoms with E-state index in [2.05, 4.69) is 26.6 Å². The number of thioether (sulfide) groups is 1. The van der Waals surface area contributed by atoms with E-state index < -0.39 is 10.0 Å². The number of nitrogens with one attached hydrogen (secondary N) is 2. The first-order valence-corrected chi connectivity index (χ1v) is 11.5. The summed E-state index contributed by atoms with van der Waals surface area (Å²) < 4.78 is 30.3. The zero-order valence-electron chi connectivity index (χ0n) is 14.6. The van der Waals surface area contributed by atoms with Crippen LogP contribution in [0.2, 0.25) is 5.15 Å². The Morgan fingerprint density at radius 1 is 1.33 bits per heavy atom. The predicted molar refractivity (Wildman–Crippen MR) is 107 cm³/mol. The maximum absolute atomic E-state index is 13.0. The lowest BCUT2D eigenvalue weighted by atomic mass is 10.0. The maximum atomic E-state index is 13.0. The summed E-state index contributed by atoms with van der Waals surface area (Å²) in [6.45, 7) is 2.46. The number of hydrogen-bond donors (Lipinski definition) is 2. The molecule has 4 heterocycles. The van der Waals surface area contributed by atoms with Crippen molar-refractivity contribution in [2.45, 2.75) is 29.7 Å². The average molecular weight is 424 g/mol. The monoisotopic (exact) mass is 423 g/mol. The van der Waals surface area contributed by atoms with Crippen molar-refractivity contribution in [3.05, 3.63) is 34.6 Å². The third kappa shape index (κ3) is 2.84. The minimum absolute atomic E-state index is 0.0211. The van der Waals surface area contributed by atoms with Gasteiger partial charge in [0, 0.05) is 47.7 Å².